The fourth-order valence-electron chi connectivity index (χ4n) is 6.57. The molecule has 1 amide bonds. The third-order valence-corrected chi connectivity index (χ3v) is 8.26. The maximum atomic E-state index is 13.0. The summed E-state index contributed by atoms with van der Waals surface area (Å²) in [6, 6.07) is 16.5. The van der Waals surface area contributed by atoms with Gasteiger partial charge in [0.2, 0.25) is 5.91 Å². The van der Waals surface area contributed by atoms with Crippen molar-refractivity contribution < 1.29 is 9.53 Å². The van der Waals surface area contributed by atoms with Crippen LogP contribution in [-0.2, 0) is 10.2 Å². The van der Waals surface area contributed by atoms with Crippen molar-refractivity contribution in [1.82, 2.24) is 14.7 Å². The number of rotatable bonds is 4. The summed E-state index contributed by atoms with van der Waals surface area (Å²) < 4.78 is 8.56. The average Bonchev–Trinajstić information content (AvgIpc) is 3.33. The van der Waals surface area contributed by atoms with Gasteiger partial charge in [-0.15, -0.1) is 0 Å². The number of benzene rings is 2. The largest absolute Gasteiger partial charge is 0.488 e. The van der Waals surface area contributed by atoms with Gasteiger partial charge in [-0.3, -0.25) is 4.79 Å². The van der Waals surface area contributed by atoms with E-state index in [1.165, 1.54) is 13.1 Å². The van der Waals surface area contributed by atoms with Crippen molar-refractivity contribution in [3.63, 3.8) is 0 Å². The monoisotopic (exact) mass is 440 g/mol. The summed E-state index contributed by atoms with van der Waals surface area (Å²) in [6.07, 6.45) is 7.15. The molecule has 6 heteroatoms. The second kappa shape index (κ2) is 6.70. The number of amides is 1. The molecule has 1 N–H and O–H groups in total. The summed E-state index contributed by atoms with van der Waals surface area (Å²) in [5.41, 5.74) is 5.12. The van der Waals surface area contributed by atoms with E-state index in [1.807, 2.05) is 35.1 Å². The highest BCUT2D eigenvalue weighted by Gasteiger charge is 2.54. The van der Waals surface area contributed by atoms with Crippen LogP contribution in [0.25, 0.3) is 16.9 Å². The molecule has 0 atom stereocenters. The Balaban J connectivity index is 1.29. The highest BCUT2D eigenvalue weighted by atomic mass is 16.5. The maximum Gasteiger partial charge on any atom is 0.235 e. The second-order valence-corrected chi connectivity index (χ2v) is 10.6. The van der Waals surface area contributed by atoms with Crippen molar-refractivity contribution in [3.05, 3.63) is 60.3 Å². The zero-order chi connectivity index (χ0) is 22.2. The summed E-state index contributed by atoms with van der Waals surface area (Å²) in [7, 11) is 2.18. The molecule has 2 saturated carbocycles. The van der Waals surface area contributed by atoms with Crippen LogP contribution in [0.5, 0.6) is 5.75 Å². The van der Waals surface area contributed by atoms with Crippen molar-refractivity contribution in [1.29, 1.82) is 0 Å². The Kier molecular flexibility index (Phi) is 3.93. The Morgan fingerprint density at radius 1 is 1.09 bits per heavy atom. The number of fused-ring (bicyclic) bond motifs is 2. The van der Waals surface area contributed by atoms with Crippen LogP contribution in [0.15, 0.2) is 54.7 Å². The minimum absolute atomic E-state index is 0.132. The van der Waals surface area contributed by atoms with Crippen LogP contribution in [0.2, 0.25) is 0 Å². The molecule has 1 saturated heterocycles. The molecule has 33 heavy (non-hydrogen) atoms. The number of aromatic nitrogens is 2. The van der Waals surface area contributed by atoms with Crippen LogP contribution in [0.4, 0.5) is 5.69 Å². The Hall–Kier alpha value is -3.12. The number of para-hydroxylation sites is 1. The second-order valence-electron chi connectivity index (χ2n) is 10.6. The number of hydrogen-bond acceptors (Lipinski definition) is 4. The minimum atomic E-state index is -0.390. The Morgan fingerprint density at radius 3 is 2.58 bits per heavy atom. The number of nitrogens with zero attached hydrogens (tertiary/aromatic N) is 3. The van der Waals surface area contributed by atoms with Gasteiger partial charge in [-0.2, -0.15) is 5.10 Å². The van der Waals surface area contributed by atoms with E-state index in [4.69, 9.17) is 4.74 Å². The van der Waals surface area contributed by atoms with Crippen molar-refractivity contribution in [3.8, 4) is 22.7 Å². The van der Waals surface area contributed by atoms with E-state index in [9.17, 15) is 4.79 Å². The molecule has 2 spiro atoms. The van der Waals surface area contributed by atoms with Gasteiger partial charge < -0.3 is 15.0 Å². The van der Waals surface area contributed by atoms with Crippen LogP contribution >= 0.6 is 0 Å². The maximum absolute atomic E-state index is 13.0. The fraction of sp³-hybridized carbons (Fsp3) is 0.407. The quantitative estimate of drug-likeness (QED) is 0.654. The first-order chi connectivity index (χ1) is 16.1. The molecule has 3 aromatic rings. The van der Waals surface area contributed by atoms with E-state index < -0.39 is 5.41 Å². The lowest BCUT2D eigenvalue weighted by atomic mass is 9.62. The predicted molar refractivity (Wildman–Crippen MR) is 127 cm³/mol. The van der Waals surface area contributed by atoms with Gasteiger partial charge in [-0.25, -0.2) is 4.68 Å². The third kappa shape index (κ3) is 2.76. The SMILES string of the molecule is CN1CC2(CC(Oc3cc(-c4ccnn4-c4ccccc4)cc4c3NC(=O)C43CCC3)C2)C1. The minimum Gasteiger partial charge on any atom is -0.488 e. The molecular formula is C27H28N4O2. The molecule has 2 aliphatic carbocycles. The molecule has 1 aromatic heterocycles. The summed E-state index contributed by atoms with van der Waals surface area (Å²) in [6.45, 7) is 2.34. The summed E-state index contributed by atoms with van der Waals surface area (Å²) in [5.74, 6) is 0.945. The zero-order valence-electron chi connectivity index (χ0n) is 18.9. The van der Waals surface area contributed by atoms with E-state index in [-0.39, 0.29) is 12.0 Å². The first-order valence-electron chi connectivity index (χ1n) is 12.0. The fourth-order valence-corrected chi connectivity index (χ4v) is 6.57. The topological polar surface area (TPSA) is 59.4 Å². The van der Waals surface area contributed by atoms with Crippen LogP contribution in [0, 0.1) is 5.41 Å². The number of likely N-dealkylation sites (tertiary alicyclic amines) is 1. The van der Waals surface area contributed by atoms with Crippen molar-refractivity contribution in [2.75, 3.05) is 25.5 Å². The van der Waals surface area contributed by atoms with Crippen molar-refractivity contribution in [2.24, 2.45) is 5.41 Å². The standard InChI is InChI=1S/C27H28N4O2/c1-30-16-26(17-30)14-20(15-26)33-23-13-18(12-21-24(23)29-25(32)27(21)9-5-10-27)22-8-11-28-31(22)19-6-3-2-4-7-19/h2-4,6-8,11-13,20H,5,9-10,14-17H2,1H3,(H,29,32). The lowest BCUT2D eigenvalue weighted by Gasteiger charge is -2.57. The Morgan fingerprint density at radius 2 is 1.88 bits per heavy atom. The summed E-state index contributed by atoms with van der Waals surface area (Å²) >= 11 is 0. The lowest BCUT2D eigenvalue weighted by molar-refractivity contribution is -0.123. The van der Waals surface area contributed by atoms with Gasteiger partial charge in [0.15, 0.2) is 0 Å². The summed E-state index contributed by atoms with van der Waals surface area (Å²) in [4.78, 5) is 15.4. The van der Waals surface area contributed by atoms with Gasteiger partial charge in [-0.05, 0) is 68.6 Å². The van der Waals surface area contributed by atoms with Crippen LogP contribution in [0.3, 0.4) is 0 Å². The number of nitrogens with one attached hydrogen (secondary N) is 1. The zero-order valence-corrected chi connectivity index (χ0v) is 18.9. The van der Waals surface area contributed by atoms with Crippen LogP contribution in [-0.4, -0.2) is 46.8 Å². The van der Waals surface area contributed by atoms with E-state index >= 15 is 0 Å². The molecule has 168 valence electrons. The Labute approximate surface area is 193 Å². The molecule has 0 radical (unpaired) electrons. The van der Waals surface area contributed by atoms with Gasteiger partial charge in [0.1, 0.15) is 11.9 Å². The van der Waals surface area contributed by atoms with E-state index in [2.05, 4.69) is 46.6 Å². The molecule has 2 aliphatic heterocycles. The molecule has 3 heterocycles. The van der Waals surface area contributed by atoms with Crippen LogP contribution in [0.1, 0.15) is 37.7 Å². The molecule has 4 aliphatic rings. The van der Waals surface area contributed by atoms with Crippen molar-refractivity contribution >= 4 is 11.6 Å². The third-order valence-electron chi connectivity index (χ3n) is 8.26. The average molecular weight is 441 g/mol. The van der Waals surface area contributed by atoms with E-state index in [0.717, 1.165) is 66.0 Å². The molecule has 0 unspecified atom stereocenters. The van der Waals surface area contributed by atoms with Gasteiger partial charge in [0.05, 0.1) is 28.7 Å². The number of hydrogen-bond donors (Lipinski definition) is 1. The smallest absolute Gasteiger partial charge is 0.235 e. The Bertz CT molecular complexity index is 1250. The van der Waals surface area contributed by atoms with E-state index in [0.29, 0.717) is 5.41 Å². The molecule has 2 aromatic carbocycles. The predicted octanol–water partition coefficient (Wildman–Crippen LogP) is 4.39. The first kappa shape index (κ1) is 19.4. The number of carbonyl (C=O) groups is 1. The first-order valence-corrected chi connectivity index (χ1v) is 12.0. The van der Waals surface area contributed by atoms with Crippen LogP contribution < -0.4 is 10.1 Å². The normalized spacial score (nSPS) is 22.4. The highest BCUT2D eigenvalue weighted by Crippen LogP contribution is 2.56. The van der Waals surface area contributed by atoms with Gasteiger partial charge in [0, 0.05) is 24.1 Å². The number of ether oxygens (including phenoxy) is 1. The van der Waals surface area contributed by atoms with Crippen molar-refractivity contribution in [2.45, 2.75) is 43.6 Å². The molecule has 0 bridgehead atoms. The van der Waals surface area contributed by atoms with Gasteiger partial charge in [-0.1, -0.05) is 24.6 Å². The molecule has 3 fully saturated rings. The number of anilines is 1. The van der Waals surface area contributed by atoms with Gasteiger partial charge in [0.25, 0.3) is 0 Å². The van der Waals surface area contributed by atoms with Gasteiger partial charge >= 0.3 is 0 Å². The highest BCUT2D eigenvalue weighted by molar-refractivity contribution is 6.09. The number of carbonyl (C=O) groups excluding carboxylic acids is 1. The summed E-state index contributed by atoms with van der Waals surface area (Å²) in [5, 5.41) is 7.79. The molecular weight excluding hydrogens is 412 g/mol. The molecule has 6 nitrogen and oxygen atoms in total. The van der Waals surface area contributed by atoms with E-state index in [1.54, 1.807) is 0 Å². The lowest BCUT2D eigenvalue weighted by Crippen LogP contribution is -2.63. The molecule has 7 rings (SSSR count).